The van der Waals surface area contributed by atoms with Crippen molar-refractivity contribution in [2.75, 3.05) is 4.72 Å². The van der Waals surface area contributed by atoms with Crippen molar-refractivity contribution >= 4 is 21.7 Å². The molecule has 0 amide bonds. The molecule has 162 valence electrons. The van der Waals surface area contributed by atoms with Crippen LogP contribution < -0.4 is 4.72 Å². The lowest BCUT2D eigenvalue weighted by atomic mass is 10.0. The summed E-state index contributed by atoms with van der Waals surface area (Å²) in [7, 11) is -3.63. The maximum Gasteiger partial charge on any atom is 0.335 e. The zero-order valence-corrected chi connectivity index (χ0v) is 18.4. The number of rotatable bonds is 10. The fourth-order valence-corrected chi connectivity index (χ4v) is 4.33. The van der Waals surface area contributed by atoms with Gasteiger partial charge in [-0.15, -0.1) is 0 Å². The number of anilines is 1. The van der Waals surface area contributed by atoms with Crippen LogP contribution in [-0.2, 0) is 29.3 Å². The highest BCUT2D eigenvalue weighted by Gasteiger charge is 2.14. The summed E-state index contributed by atoms with van der Waals surface area (Å²) in [6.07, 6.45) is 4.70. The molecule has 0 bridgehead atoms. The van der Waals surface area contributed by atoms with E-state index in [-0.39, 0.29) is 10.5 Å². The molecular weight excluding hydrogens is 410 g/mol. The first-order chi connectivity index (χ1) is 14.9. The zero-order valence-electron chi connectivity index (χ0n) is 17.5. The molecule has 0 atom stereocenters. The van der Waals surface area contributed by atoms with Gasteiger partial charge in [0.1, 0.15) is 0 Å². The van der Waals surface area contributed by atoms with Crippen molar-refractivity contribution in [3.05, 3.63) is 95.1 Å². The van der Waals surface area contributed by atoms with Gasteiger partial charge in [-0.2, -0.15) is 0 Å². The molecule has 0 saturated carbocycles. The number of carboxylic acids is 1. The smallest absolute Gasteiger partial charge is 0.335 e. The molecule has 0 aliphatic carbocycles. The van der Waals surface area contributed by atoms with E-state index in [9.17, 15) is 13.2 Å². The van der Waals surface area contributed by atoms with Crippen molar-refractivity contribution in [2.45, 2.75) is 43.9 Å². The van der Waals surface area contributed by atoms with Crippen LogP contribution in [-0.4, -0.2) is 19.5 Å². The highest BCUT2D eigenvalue weighted by Crippen LogP contribution is 2.19. The summed E-state index contributed by atoms with van der Waals surface area (Å²) in [6, 6.07) is 21.2. The summed E-state index contributed by atoms with van der Waals surface area (Å²) in [5.41, 5.74) is 4.06. The van der Waals surface area contributed by atoms with Gasteiger partial charge in [-0.3, -0.25) is 4.72 Å². The van der Waals surface area contributed by atoms with Gasteiger partial charge in [0.25, 0.3) is 10.0 Å². The Morgan fingerprint density at radius 2 is 1.26 bits per heavy atom. The van der Waals surface area contributed by atoms with Crippen LogP contribution in [0.2, 0.25) is 0 Å². The maximum atomic E-state index is 12.6. The minimum Gasteiger partial charge on any atom is -0.478 e. The SMILES string of the molecule is CCCCc1ccc(S(=O)(=O)Nc2ccc(CCc3ccc(C(=O)O)cc3)cc2)cc1. The molecule has 6 heteroatoms. The van der Waals surface area contributed by atoms with Gasteiger partial charge in [-0.25, -0.2) is 13.2 Å². The lowest BCUT2D eigenvalue weighted by molar-refractivity contribution is 0.0697. The molecule has 0 fully saturated rings. The minimum absolute atomic E-state index is 0.252. The molecular formula is C25H27NO4S. The molecule has 0 radical (unpaired) electrons. The van der Waals surface area contributed by atoms with Gasteiger partial charge in [-0.05, 0) is 78.8 Å². The maximum absolute atomic E-state index is 12.6. The second-order valence-corrected chi connectivity index (χ2v) is 9.23. The number of aryl methyl sites for hydroxylation is 3. The van der Waals surface area contributed by atoms with Crippen molar-refractivity contribution in [1.29, 1.82) is 0 Å². The van der Waals surface area contributed by atoms with E-state index >= 15 is 0 Å². The molecule has 2 N–H and O–H groups in total. The molecule has 3 rings (SSSR count). The third-order valence-electron chi connectivity index (χ3n) is 5.16. The lowest BCUT2D eigenvalue weighted by Gasteiger charge is -2.10. The Balaban J connectivity index is 1.58. The van der Waals surface area contributed by atoms with E-state index in [1.54, 1.807) is 36.4 Å². The summed E-state index contributed by atoms with van der Waals surface area (Å²) >= 11 is 0. The molecule has 0 unspecified atom stereocenters. The summed E-state index contributed by atoms with van der Waals surface area (Å²) in [6.45, 7) is 2.13. The van der Waals surface area contributed by atoms with Crippen LogP contribution in [0.5, 0.6) is 0 Å². The molecule has 0 heterocycles. The van der Waals surface area contributed by atoms with Crippen molar-refractivity contribution in [3.63, 3.8) is 0 Å². The first kappa shape index (κ1) is 22.6. The van der Waals surface area contributed by atoms with Crippen LogP contribution in [0, 0.1) is 0 Å². The van der Waals surface area contributed by atoms with Crippen molar-refractivity contribution in [3.8, 4) is 0 Å². The monoisotopic (exact) mass is 437 g/mol. The number of nitrogens with one attached hydrogen (secondary N) is 1. The summed E-state index contributed by atoms with van der Waals surface area (Å²) < 4.78 is 27.9. The number of sulfonamides is 1. The molecule has 0 aromatic heterocycles. The fraction of sp³-hybridized carbons (Fsp3) is 0.240. The van der Waals surface area contributed by atoms with Crippen LogP contribution in [0.15, 0.2) is 77.7 Å². The Morgan fingerprint density at radius 1 is 0.774 bits per heavy atom. The van der Waals surface area contributed by atoms with Gasteiger partial charge < -0.3 is 5.11 Å². The number of hydrogen-bond donors (Lipinski definition) is 2. The molecule has 3 aromatic carbocycles. The van der Waals surface area contributed by atoms with Gasteiger partial charge in [0.15, 0.2) is 0 Å². The number of unbranched alkanes of at least 4 members (excludes halogenated alkanes) is 1. The van der Waals surface area contributed by atoms with E-state index in [1.807, 2.05) is 36.4 Å². The normalized spacial score (nSPS) is 11.3. The number of aromatic carboxylic acids is 1. The predicted molar refractivity (Wildman–Crippen MR) is 123 cm³/mol. The second kappa shape index (κ2) is 10.3. The number of benzene rings is 3. The molecule has 31 heavy (non-hydrogen) atoms. The highest BCUT2D eigenvalue weighted by atomic mass is 32.2. The largest absolute Gasteiger partial charge is 0.478 e. The standard InChI is InChI=1S/C25H27NO4S/c1-2-3-4-19-11-17-24(18-12-19)31(29,30)26-23-15-9-21(10-16-23)6-5-20-7-13-22(14-8-20)25(27)28/h7-18,26H,2-6H2,1H3,(H,27,28). The van der Waals surface area contributed by atoms with Crippen molar-refractivity contribution in [1.82, 2.24) is 0 Å². The Labute approximate surface area is 183 Å². The van der Waals surface area contributed by atoms with Crippen LogP contribution in [0.1, 0.15) is 46.8 Å². The molecule has 5 nitrogen and oxygen atoms in total. The van der Waals surface area contributed by atoms with E-state index in [2.05, 4.69) is 11.6 Å². The predicted octanol–water partition coefficient (Wildman–Crippen LogP) is 5.31. The van der Waals surface area contributed by atoms with Crippen molar-refractivity contribution < 1.29 is 18.3 Å². The minimum atomic E-state index is -3.63. The lowest BCUT2D eigenvalue weighted by Crippen LogP contribution is -2.13. The van der Waals surface area contributed by atoms with E-state index in [0.717, 1.165) is 48.8 Å². The Kier molecular flexibility index (Phi) is 7.47. The Morgan fingerprint density at radius 3 is 1.77 bits per heavy atom. The van der Waals surface area contributed by atoms with Gasteiger partial charge in [0, 0.05) is 5.69 Å². The van der Waals surface area contributed by atoms with E-state index in [1.165, 1.54) is 0 Å². The molecule has 0 spiro atoms. The highest BCUT2D eigenvalue weighted by molar-refractivity contribution is 7.92. The summed E-state index contributed by atoms with van der Waals surface area (Å²) in [5.74, 6) is -0.933. The first-order valence-corrected chi connectivity index (χ1v) is 11.9. The zero-order chi connectivity index (χ0) is 22.3. The quantitative estimate of drug-likeness (QED) is 0.450. The van der Waals surface area contributed by atoms with Crippen LogP contribution in [0.25, 0.3) is 0 Å². The van der Waals surface area contributed by atoms with Gasteiger partial charge >= 0.3 is 5.97 Å². The topological polar surface area (TPSA) is 83.5 Å². The van der Waals surface area contributed by atoms with Crippen LogP contribution in [0.3, 0.4) is 0 Å². The van der Waals surface area contributed by atoms with Crippen LogP contribution in [0.4, 0.5) is 5.69 Å². The van der Waals surface area contributed by atoms with E-state index < -0.39 is 16.0 Å². The van der Waals surface area contributed by atoms with Gasteiger partial charge in [0.2, 0.25) is 0 Å². The summed E-state index contributed by atoms with van der Waals surface area (Å²) in [4.78, 5) is 11.2. The summed E-state index contributed by atoms with van der Waals surface area (Å²) in [5, 5.41) is 8.96. The van der Waals surface area contributed by atoms with E-state index in [4.69, 9.17) is 5.11 Å². The Hall–Kier alpha value is -3.12. The fourth-order valence-electron chi connectivity index (χ4n) is 3.27. The molecule has 3 aromatic rings. The van der Waals surface area contributed by atoms with Gasteiger partial charge in [-0.1, -0.05) is 49.7 Å². The number of carboxylic acid groups (broad SMARTS) is 1. The number of carbonyl (C=O) groups is 1. The van der Waals surface area contributed by atoms with Gasteiger partial charge in [0.05, 0.1) is 10.5 Å². The molecule has 0 aliphatic rings. The molecule has 0 saturated heterocycles. The second-order valence-electron chi connectivity index (χ2n) is 7.55. The molecule has 0 aliphatic heterocycles. The third-order valence-corrected chi connectivity index (χ3v) is 6.56. The average Bonchev–Trinajstić information content (AvgIpc) is 2.77. The van der Waals surface area contributed by atoms with Crippen molar-refractivity contribution in [2.24, 2.45) is 0 Å². The first-order valence-electron chi connectivity index (χ1n) is 10.4. The van der Waals surface area contributed by atoms with E-state index in [0.29, 0.717) is 5.69 Å². The third kappa shape index (κ3) is 6.43. The van der Waals surface area contributed by atoms with Crippen LogP contribution >= 0.6 is 0 Å². The number of hydrogen-bond acceptors (Lipinski definition) is 3. The average molecular weight is 438 g/mol. The Bertz CT molecular complexity index is 1100.